The van der Waals surface area contributed by atoms with Gasteiger partial charge >= 0.3 is 0 Å². The third-order valence-corrected chi connectivity index (χ3v) is 2.72. The number of rotatable bonds is 4. The van der Waals surface area contributed by atoms with Crippen LogP contribution in [-0.4, -0.2) is 11.9 Å². The largest absolute Gasteiger partial charge is 0.483 e. The maximum atomic E-state index is 13.6. The average molecular weight is 228 g/mol. The molecule has 0 aromatic rings. The van der Waals surface area contributed by atoms with Crippen LogP contribution in [0.5, 0.6) is 0 Å². The minimum atomic E-state index is -0.672. The standard InChI is InChI=1S/C13H21FO2/c1-5-6-7-8-9-11(15)10(14)12(16-9)13(2,3)4/h9H,5-8H2,1-4H3. The lowest BCUT2D eigenvalue weighted by Crippen LogP contribution is -2.18. The summed E-state index contributed by atoms with van der Waals surface area (Å²) in [5, 5.41) is 0. The lowest BCUT2D eigenvalue weighted by atomic mass is 9.93. The Morgan fingerprint density at radius 3 is 2.38 bits per heavy atom. The van der Waals surface area contributed by atoms with Gasteiger partial charge in [0.2, 0.25) is 11.6 Å². The molecular weight excluding hydrogens is 207 g/mol. The molecule has 0 aromatic carbocycles. The molecule has 0 aromatic heterocycles. The summed E-state index contributed by atoms with van der Waals surface area (Å²) in [5.74, 6) is -0.922. The molecule has 2 nitrogen and oxygen atoms in total. The SMILES string of the molecule is CCCCCC1OC(C(C)(C)C)=C(F)C1=O. The van der Waals surface area contributed by atoms with Crippen LogP contribution in [0.1, 0.15) is 53.4 Å². The van der Waals surface area contributed by atoms with Crippen LogP contribution in [0.3, 0.4) is 0 Å². The van der Waals surface area contributed by atoms with Gasteiger partial charge in [-0.2, -0.15) is 4.39 Å². The van der Waals surface area contributed by atoms with Crippen LogP contribution in [0, 0.1) is 5.41 Å². The van der Waals surface area contributed by atoms with E-state index >= 15 is 0 Å². The van der Waals surface area contributed by atoms with E-state index in [9.17, 15) is 9.18 Å². The van der Waals surface area contributed by atoms with Gasteiger partial charge in [0.25, 0.3) is 0 Å². The van der Waals surface area contributed by atoms with E-state index in [0.29, 0.717) is 6.42 Å². The second-order valence-electron chi connectivity index (χ2n) is 5.36. The maximum Gasteiger partial charge on any atom is 0.235 e. The molecule has 0 amide bonds. The predicted octanol–water partition coefficient (Wildman–Crippen LogP) is 3.76. The zero-order chi connectivity index (χ0) is 12.3. The van der Waals surface area contributed by atoms with Crippen LogP contribution in [0.15, 0.2) is 11.6 Å². The van der Waals surface area contributed by atoms with Gasteiger partial charge in [-0.1, -0.05) is 40.5 Å². The summed E-state index contributed by atoms with van der Waals surface area (Å²) in [6.07, 6.45) is 3.10. The van der Waals surface area contributed by atoms with Gasteiger partial charge in [0, 0.05) is 5.41 Å². The number of hydrogen-bond donors (Lipinski definition) is 0. The Hall–Kier alpha value is -0.860. The maximum absolute atomic E-state index is 13.6. The molecule has 1 heterocycles. The topological polar surface area (TPSA) is 26.3 Å². The van der Waals surface area contributed by atoms with E-state index in [1.54, 1.807) is 0 Å². The quantitative estimate of drug-likeness (QED) is 0.685. The highest BCUT2D eigenvalue weighted by Crippen LogP contribution is 2.37. The van der Waals surface area contributed by atoms with Gasteiger partial charge < -0.3 is 4.74 Å². The lowest BCUT2D eigenvalue weighted by Gasteiger charge is -2.21. The molecule has 3 heteroatoms. The molecule has 0 radical (unpaired) electrons. The van der Waals surface area contributed by atoms with Crippen molar-refractivity contribution in [1.29, 1.82) is 0 Å². The molecule has 1 aliphatic rings. The van der Waals surface area contributed by atoms with Gasteiger partial charge in [0.05, 0.1) is 0 Å². The molecule has 0 fully saturated rings. The summed E-state index contributed by atoms with van der Waals surface area (Å²) in [7, 11) is 0. The van der Waals surface area contributed by atoms with Crippen LogP contribution in [0.4, 0.5) is 4.39 Å². The number of allylic oxidation sites excluding steroid dienone is 1. The summed E-state index contributed by atoms with van der Waals surface area (Å²) >= 11 is 0. The van der Waals surface area contributed by atoms with Gasteiger partial charge in [-0.15, -0.1) is 0 Å². The summed E-state index contributed by atoms with van der Waals surface area (Å²) in [6, 6.07) is 0. The highest BCUT2D eigenvalue weighted by Gasteiger charge is 2.39. The molecular formula is C13H21FO2. The van der Waals surface area contributed by atoms with Crippen molar-refractivity contribution in [3.05, 3.63) is 11.6 Å². The number of carbonyl (C=O) groups is 1. The Morgan fingerprint density at radius 1 is 1.31 bits per heavy atom. The molecule has 1 unspecified atom stereocenters. The van der Waals surface area contributed by atoms with E-state index in [-0.39, 0.29) is 5.76 Å². The van der Waals surface area contributed by atoms with Crippen molar-refractivity contribution in [2.45, 2.75) is 59.5 Å². The Labute approximate surface area is 96.9 Å². The van der Waals surface area contributed by atoms with Crippen molar-refractivity contribution >= 4 is 5.78 Å². The number of ketones is 1. The Bertz CT molecular complexity index is 300. The van der Waals surface area contributed by atoms with E-state index in [1.165, 1.54) is 0 Å². The van der Waals surface area contributed by atoms with Crippen LogP contribution in [0.25, 0.3) is 0 Å². The van der Waals surface area contributed by atoms with Gasteiger partial charge in [0.15, 0.2) is 6.10 Å². The first-order chi connectivity index (χ1) is 7.38. The molecule has 92 valence electrons. The first-order valence-electron chi connectivity index (χ1n) is 5.99. The monoisotopic (exact) mass is 228 g/mol. The van der Waals surface area contributed by atoms with Gasteiger partial charge in [-0.25, -0.2) is 0 Å². The summed E-state index contributed by atoms with van der Waals surface area (Å²) < 4.78 is 19.1. The first kappa shape index (κ1) is 13.2. The Balaban J connectivity index is 2.63. The van der Waals surface area contributed by atoms with E-state index < -0.39 is 23.1 Å². The van der Waals surface area contributed by atoms with Crippen LogP contribution in [-0.2, 0) is 9.53 Å². The van der Waals surface area contributed by atoms with E-state index in [2.05, 4.69) is 6.92 Å². The Morgan fingerprint density at radius 2 is 1.94 bits per heavy atom. The molecule has 0 aliphatic carbocycles. The first-order valence-corrected chi connectivity index (χ1v) is 5.99. The third kappa shape index (κ3) is 2.83. The number of unbranched alkanes of at least 4 members (excludes halogenated alkanes) is 2. The minimum Gasteiger partial charge on any atom is -0.483 e. The van der Waals surface area contributed by atoms with E-state index in [0.717, 1.165) is 19.3 Å². The van der Waals surface area contributed by atoms with Crippen LogP contribution >= 0.6 is 0 Å². The zero-order valence-corrected chi connectivity index (χ0v) is 10.6. The lowest BCUT2D eigenvalue weighted by molar-refractivity contribution is -0.122. The average Bonchev–Trinajstić information content (AvgIpc) is 2.45. The van der Waals surface area contributed by atoms with Gasteiger partial charge in [0.1, 0.15) is 5.76 Å². The Kier molecular flexibility index (Phi) is 4.11. The molecule has 16 heavy (non-hydrogen) atoms. The summed E-state index contributed by atoms with van der Waals surface area (Å²) in [6.45, 7) is 7.65. The number of Topliss-reactive ketones (excluding diaryl/α,β-unsaturated/α-hetero) is 1. The van der Waals surface area contributed by atoms with Gasteiger partial charge in [-0.05, 0) is 12.8 Å². The number of ether oxygens (including phenoxy) is 1. The molecule has 0 bridgehead atoms. The van der Waals surface area contributed by atoms with Crippen molar-refractivity contribution in [3.63, 3.8) is 0 Å². The van der Waals surface area contributed by atoms with Crippen molar-refractivity contribution in [2.75, 3.05) is 0 Å². The van der Waals surface area contributed by atoms with E-state index in [1.807, 2.05) is 20.8 Å². The molecule has 1 aliphatic heterocycles. The molecule has 0 saturated carbocycles. The molecule has 1 atom stereocenters. The fourth-order valence-corrected chi connectivity index (χ4v) is 1.78. The highest BCUT2D eigenvalue weighted by atomic mass is 19.1. The smallest absolute Gasteiger partial charge is 0.235 e. The van der Waals surface area contributed by atoms with Crippen molar-refractivity contribution < 1.29 is 13.9 Å². The molecule has 0 spiro atoms. The van der Waals surface area contributed by atoms with Crippen molar-refractivity contribution in [3.8, 4) is 0 Å². The summed E-state index contributed by atoms with van der Waals surface area (Å²) in [5.41, 5.74) is -0.431. The fraction of sp³-hybridized carbons (Fsp3) is 0.769. The van der Waals surface area contributed by atoms with Gasteiger partial charge in [-0.3, -0.25) is 4.79 Å². The number of hydrogen-bond acceptors (Lipinski definition) is 2. The van der Waals surface area contributed by atoms with Crippen molar-refractivity contribution in [2.24, 2.45) is 5.41 Å². The second kappa shape index (κ2) is 4.98. The highest BCUT2D eigenvalue weighted by molar-refractivity contribution is 5.99. The third-order valence-electron chi connectivity index (χ3n) is 2.72. The van der Waals surface area contributed by atoms with Crippen molar-refractivity contribution in [1.82, 2.24) is 0 Å². The van der Waals surface area contributed by atoms with Crippen LogP contribution in [0.2, 0.25) is 0 Å². The summed E-state index contributed by atoms with van der Waals surface area (Å²) in [4.78, 5) is 11.6. The normalized spacial score (nSPS) is 21.6. The fourth-order valence-electron chi connectivity index (χ4n) is 1.78. The molecule has 1 rings (SSSR count). The predicted molar refractivity (Wildman–Crippen MR) is 61.6 cm³/mol. The van der Waals surface area contributed by atoms with Crippen LogP contribution < -0.4 is 0 Å². The molecule has 0 saturated heterocycles. The zero-order valence-electron chi connectivity index (χ0n) is 10.6. The van der Waals surface area contributed by atoms with E-state index in [4.69, 9.17) is 4.74 Å². The number of halogens is 1. The second-order valence-corrected chi connectivity index (χ2v) is 5.36. The minimum absolute atomic E-state index is 0.221. The number of carbonyl (C=O) groups excluding carboxylic acids is 1. The molecule has 0 N–H and O–H groups in total.